The largest absolute Gasteiger partial charge is 0.387 e. The van der Waals surface area contributed by atoms with Gasteiger partial charge in [0.1, 0.15) is 11.3 Å². The molecule has 2 aliphatic heterocycles. The van der Waals surface area contributed by atoms with E-state index in [2.05, 4.69) is 36.5 Å². The molecule has 3 aromatic rings. The van der Waals surface area contributed by atoms with E-state index in [0.717, 1.165) is 75.4 Å². The van der Waals surface area contributed by atoms with Crippen molar-refractivity contribution in [2.24, 2.45) is 0 Å². The molecule has 0 amide bonds. The van der Waals surface area contributed by atoms with Crippen LogP contribution in [0.1, 0.15) is 43.5 Å². The van der Waals surface area contributed by atoms with Gasteiger partial charge in [0.05, 0.1) is 11.8 Å². The number of fused-ring (bicyclic) bond motifs is 1. The van der Waals surface area contributed by atoms with Gasteiger partial charge in [-0.25, -0.2) is 19.9 Å². The number of aromatic nitrogens is 4. The lowest BCUT2D eigenvalue weighted by Gasteiger charge is -2.29. The molecule has 2 aliphatic rings. The minimum atomic E-state index is -0.639. The van der Waals surface area contributed by atoms with Crippen LogP contribution in [-0.4, -0.2) is 69.2 Å². The van der Waals surface area contributed by atoms with Crippen LogP contribution in [0.3, 0.4) is 0 Å². The Kier molecular flexibility index (Phi) is 6.61. The van der Waals surface area contributed by atoms with E-state index in [9.17, 15) is 5.11 Å². The van der Waals surface area contributed by atoms with Gasteiger partial charge >= 0.3 is 0 Å². The van der Waals surface area contributed by atoms with Gasteiger partial charge in [-0.2, -0.15) is 0 Å². The minimum Gasteiger partial charge on any atom is -0.387 e. The average Bonchev–Trinajstić information content (AvgIpc) is 2.86. The highest BCUT2D eigenvalue weighted by atomic mass is 16.3. The van der Waals surface area contributed by atoms with Crippen LogP contribution in [-0.2, 0) is 6.54 Å². The lowest BCUT2D eigenvalue weighted by Crippen LogP contribution is -2.42. The van der Waals surface area contributed by atoms with E-state index in [1.807, 2.05) is 18.3 Å². The maximum absolute atomic E-state index is 10.1. The number of piperazine rings is 1. The first-order chi connectivity index (χ1) is 16.2. The van der Waals surface area contributed by atoms with Gasteiger partial charge in [0.15, 0.2) is 5.82 Å². The molecule has 0 aliphatic carbocycles. The Morgan fingerprint density at radius 2 is 1.85 bits per heavy atom. The number of aliphatic hydroxyl groups is 1. The van der Waals surface area contributed by atoms with Gasteiger partial charge in [-0.05, 0) is 43.9 Å². The summed E-state index contributed by atoms with van der Waals surface area (Å²) >= 11 is 0. The maximum Gasteiger partial charge on any atom is 0.229 e. The van der Waals surface area contributed by atoms with Crippen LogP contribution in [0.15, 0.2) is 30.6 Å². The molecule has 2 fully saturated rings. The topological polar surface area (TPSA) is 102 Å². The molecule has 1 unspecified atom stereocenters. The van der Waals surface area contributed by atoms with Gasteiger partial charge in [-0.3, -0.25) is 4.90 Å². The molecule has 5 heterocycles. The normalized spacial score (nSPS) is 18.4. The van der Waals surface area contributed by atoms with Gasteiger partial charge in [-0.15, -0.1) is 0 Å². The van der Waals surface area contributed by atoms with Gasteiger partial charge in [0.2, 0.25) is 5.95 Å². The number of hydrogen-bond donors (Lipinski definition) is 3. The van der Waals surface area contributed by atoms with Crippen LogP contribution in [0.5, 0.6) is 0 Å². The van der Waals surface area contributed by atoms with Crippen molar-refractivity contribution in [2.45, 2.75) is 38.8 Å². The van der Waals surface area contributed by atoms with Crippen LogP contribution >= 0.6 is 0 Å². The van der Waals surface area contributed by atoms with Crippen molar-refractivity contribution in [1.29, 1.82) is 0 Å². The third-order valence-electron chi connectivity index (χ3n) is 6.33. The summed E-state index contributed by atoms with van der Waals surface area (Å²) in [6.45, 7) is 8.77. The summed E-state index contributed by atoms with van der Waals surface area (Å²) in [6.07, 6.45) is 6.60. The smallest absolute Gasteiger partial charge is 0.229 e. The quantitative estimate of drug-likeness (QED) is 0.525. The lowest BCUT2D eigenvalue weighted by atomic mass is 10.1. The van der Waals surface area contributed by atoms with Gasteiger partial charge < -0.3 is 20.6 Å². The summed E-state index contributed by atoms with van der Waals surface area (Å²) in [5.74, 6) is 2.04. The highest BCUT2D eigenvalue weighted by Crippen LogP contribution is 2.29. The molecule has 3 N–H and O–H groups in total. The Balaban J connectivity index is 1.37. The molecule has 2 saturated heterocycles. The maximum atomic E-state index is 10.1. The molecule has 0 saturated carbocycles. The number of pyridine rings is 2. The Morgan fingerprint density at radius 3 is 2.58 bits per heavy atom. The van der Waals surface area contributed by atoms with Gasteiger partial charge in [0.25, 0.3) is 0 Å². The van der Waals surface area contributed by atoms with Crippen molar-refractivity contribution in [3.63, 3.8) is 0 Å². The summed E-state index contributed by atoms with van der Waals surface area (Å²) < 4.78 is 0. The first-order valence-electron chi connectivity index (χ1n) is 11.9. The fraction of sp³-hybridized carbons (Fsp3) is 0.500. The summed E-state index contributed by atoms with van der Waals surface area (Å²) in [5.41, 5.74) is 2.65. The van der Waals surface area contributed by atoms with E-state index >= 15 is 0 Å². The predicted molar refractivity (Wildman–Crippen MR) is 130 cm³/mol. The zero-order chi connectivity index (χ0) is 22.6. The molecule has 174 valence electrons. The van der Waals surface area contributed by atoms with Crippen molar-refractivity contribution >= 4 is 28.5 Å². The van der Waals surface area contributed by atoms with Crippen LogP contribution < -0.4 is 15.5 Å². The second-order valence-electron chi connectivity index (χ2n) is 8.93. The van der Waals surface area contributed by atoms with Crippen molar-refractivity contribution in [3.05, 3.63) is 41.9 Å². The molecular formula is C24H32N8O. The first-order valence-corrected chi connectivity index (χ1v) is 11.9. The van der Waals surface area contributed by atoms with Gasteiger partial charge in [-0.1, -0.05) is 6.07 Å². The van der Waals surface area contributed by atoms with Gasteiger partial charge in [0, 0.05) is 63.6 Å². The average molecular weight is 449 g/mol. The second kappa shape index (κ2) is 9.94. The predicted octanol–water partition coefficient (Wildman–Crippen LogP) is 2.61. The SMILES string of the molecule is CC(O)c1cc2cnc(Nc3ccc(CN4CCNCC4)cn3)nc2c(N2CCCCC2)n1. The highest BCUT2D eigenvalue weighted by molar-refractivity contribution is 5.89. The zero-order valence-electron chi connectivity index (χ0n) is 19.2. The molecule has 5 rings (SSSR count). The van der Waals surface area contributed by atoms with E-state index in [0.29, 0.717) is 17.5 Å². The summed E-state index contributed by atoms with van der Waals surface area (Å²) in [7, 11) is 0. The minimum absolute atomic E-state index is 0.495. The fourth-order valence-corrected chi connectivity index (χ4v) is 4.48. The zero-order valence-corrected chi connectivity index (χ0v) is 19.2. The number of piperidine rings is 1. The molecule has 0 aromatic carbocycles. The molecule has 9 heteroatoms. The Morgan fingerprint density at radius 1 is 1.03 bits per heavy atom. The number of anilines is 3. The third kappa shape index (κ3) is 5.21. The standard InChI is InChI=1S/C24H32N8O/c1-17(33)20-13-19-15-27-24(30-22(19)23(28-20)32-9-3-2-4-10-32)29-21-6-5-18(14-26-21)16-31-11-7-25-8-12-31/h5-6,13-15,17,25,33H,2-4,7-12,16H2,1H3,(H,26,27,29,30). The third-order valence-corrected chi connectivity index (χ3v) is 6.33. The highest BCUT2D eigenvalue weighted by Gasteiger charge is 2.19. The lowest BCUT2D eigenvalue weighted by molar-refractivity contribution is 0.194. The molecule has 33 heavy (non-hydrogen) atoms. The van der Waals surface area contributed by atoms with E-state index in [4.69, 9.17) is 9.97 Å². The second-order valence-corrected chi connectivity index (χ2v) is 8.93. The van der Waals surface area contributed by atoms with Crippen LogP contribution in [0.2, 0.25) is 0 Å². The van der Waals surface area contributed by atoms with Crippen molar-refractivity contribution in [2.75, 3.05) is 49.5 Å². The number of rotatable bonds is 6. The molecular weight excluding hydrogens is 416 g/mol. The summed E-state index contributed by atoms with van der Waals surface area (Å²) in [6, 6.07) is 5.96. The Hall–Kier alpha value is -2.88. The molecule has 9 nitrogen and oxygen atoms in total. The van der Waals surface area contributed by atoms with E-state index in [1.165, 1.54) is 12.0 Å². The van der Waals surface area contributed by atoms with Crippen LogP contribution in [0.25, 0.3) is 10.9 Å². The molecule has 0 radical (unpaired) electrons. The monoisotopic (exact) mass is 448 g/mol. The van der Waals surface area contributed by atoms with Crippen LogP contribution in [0.4, 0.5) is 17.6 Å². The molecule has 0 spiro atoms. The Labute approximate surface area is 194 Å². The van der Waals surface area contributed by atoms with Crippen molar-refractivity contribution < 1.29 is 5.11 Å². The number of nitrogens with one attached hydrogen (secondary N) is 2. The number of nitrogens with zero attached hydrogens (tertiary/aromatic N) is 6. The van der Waals surface area contributed by atoms with E-state index < -0.39 is 6.10 Å². The van der Waals surface area contributed by atoms with E-state index in [1.54, 1.807) is 13.1 Å². The van der Waals surface area contributed by atoms with Crippen LogP contribution in [0, 0.1) is 0 Å². The summed E-state index contributed by atoms with van der Waals surface area (Å²) in [4.78, 5) is 23.4. The number of aliphatic hydroxyl groups excluding tert-OH is 1. The molecule has 3 aromatic heterocycles. The first kappa shape index (κ1) is 21.9. The Bertz CT molecular complexity index is 1080. The number of hydrogen-bond acceptors (Lipinski definition) is 9. The molecule has 1 atom stereocenters. The van der Waals surface area contributed by atoms with Crippen molar-refractivity contribution in [1.82, 2.24) is 30.2 Å². The van der Waals surface area contributed by atoms with E-state index in [-0.39, 0.29) is 0 Å². The molecule has 0 bridgehead atoms. The fourth-order valence-electron chi connectivity index (χ4n) is 4.48. The summed E-state index contributed by atoms with van der Waals surface area (Å²) in [5, 5.41) is 17.6. The van der Waals surface area contributed by atoms with Crippen molar-refractivity contribution in [3.8, 4) is 0 Å².